The minimum Gasteiger partial charge on any atom is -0.360 e. The molecule has 0 radical (unpaired) electrons. The van der Waals surface area contributed by atoms with Crippen LogP contribution in [0.5, 0.6) is 0 Å². The third-order valence-electron chi connectivity index (χ3n) is 1.94. The molecule has 0 saturated heterocycles. The first-order chi connectivity index (χ1) is 5.77. The summed E-state index contributed by atoms with van der Waals surface area (Å²) in [7, 11) is 0. The first-order valence-electron chi connectivity index (χ1n) is 4.29. The van der Waals surface area contributed by atoms with E-state index in [0.29, 0.717) is 5.92 Å². The van der Waals surface area contributed by atoms with Crippen molar-refractivity contribution in [1.29, 1.82) is 0 Å². The van der Waals surface area contributed by atoms with Crippen molar-refractivity contribution in [3.05, 3.63) is 17.5 Å². The van der Waals surface area contributed by atoms with Gasteiger partial charge >= 0.3 is 0 Å². The number of hydrogen-bond donors (Lipinski definition) is 0. The molecule has 0 fully saturated rings. The van der Waals surface area contributed by atoms with Crippen LogP contribution in [0, 0.1) is 0 Å². The summed E-state index contributed by atoms with van der Waals surface area (Å²) in [5.41, 5.74) is 1.08. The van der Waals surface area contributed by atoms with Crippen molar-refractivity contribution in [2.45, 2.75) is 37.9 Å². The van der Waals surface area contributed by atoms with E-state index in [2.05, 4.69) is 34.9 Å². The molecule has 1 atom stereocenters. The average Bonchev–Trinajstić information content (AvgIpc) is 2.52. The highest BCUT2D eigenvalue weighted by atomic mass is 79.9. The zero-order valence-corrected chi connectivity index (χ0v) is 9.10. The Morgan fingerprint density at radius 3 is 2.92 bits per heavy atom. The molecule has 0 bridgehead atoms. The van der Waals surface area contributed by atoms with Crippen LogP contribution in [0.3, 0.4) is 0 Å². The van der Waals surface area contributed by atoms with E-state index >= 15 is 0 Å². The molecule has 1 heterocycles. The molecule has 3 heteroatoms. The normalized spacial score (nSPS) is 13.2. The summed E-state index contributed by atoms with van der Waals surface area (Å²) in [5, 5.41) is 4.75. The van der Waals surface area contributed by atoms with Gasteiger partial charge in [-0.05, 0) is 6.42 Å². The fourth-order valence-electron chi connectivity index (χ4n) is 1.21. The van der Waals surface area contributed by atoms with Gasteiger partial charge in [-0.25, -0.2) is 0 Å². The molecule has 1 rings (SSSR count). The van der Waals surface area contributed by atoms with Gasteiger partial charge < -0.3 is 4.52 Å². The maximum absolute atomic E-state index is 5.08. The van der Waals surface area contributed by atoms with Gasteiger partial charge in [-0.2, -0.15) is 0 Å². The second-order valence-electron chi connectivity index (χ2n) is 3.04. The molecule has 0 aliphatic heterocycles. The number of rotatable bonds is 4. The summed E-state index contributed by atoms with van der Waals surface area (Å²) in [6.45, 7) is 4.36. The van der Waals surface area contributed by atoms with Gasteiger partial charge in [0.25, 0.3) is 0 Å². The van der Waals surface area contributed by atoms with Crippen LogP contribution in [0.4, 0.5) is 0 Å². The van der Waals surface area contributed by atoms with Crippen LogP contribution < -0.4 is 0 Å². The van der Waals surface area contributed by atoms with Crippen molar-refractivity contribution in [3.63, 3.8) is 0 Å². The predicted molar refractivity (Wildman–Crippen MR) is 52.5 cm³/mol. The lowest BCUT2D eigenvalue weighted by atomic mass is 10.0. The van der Waals surface area contributed by atoms with E-state index < -0.39 is 0 Å². The highest BCUT2D eigenvalue weighted by molar-refractivity contribution is 9.08. The van der Waals surface area contributed by atoms with Crippen LogP contribution in [0.2, 0.25) is 0 Å². The summed E-state index contributed by atoms with van der Waals surface area (Å²) in [6.07, 6.45) is 2.37. The van der Waals surface area contributed by atoms with Gasteiger partial charge in [0.15, 0.2) is 0 Å². The smallest absolute Gasteiger partial charge is 0.147 e. The number of alkyl halides is 1. The molecule has 0 aliphatic rings. The molecule has 0 aromatic carbocycles. The zero-order valence-electron chi connectivity index (χ0n) is 7.51. The Hall–Kier alpha value is -0.310. The SMILES string of the molecule is CCCC(C)c1cc(CBr)on1. The second kappa shape index (κ2) is 4.65. The van der Waals surface area contributed by atoms with Crippen molar-refractivity contribution in [2.24, 2.45) is 0 Å². The van der Waals surface area contributed by atoms with Gasteiger partial charge in [0.2, 0.25) is 0 Å². The Morgan fingerprint density at radius 1 is 1.67 bits per heavy atom. The molecule has 1 aromatic rings. The van der Waals surface area contributed by atoms with E-state index in [-0.39, 0.29) is 0 Å². The van der Waals surface area contributed by atoms with E-state index in [0.717, 1.165) is 16.8 Å². The van der Waals surface area contributed by atoms with Gasteiger partial charge in [-0.15, -0.1) is 0 Å². The van der Waals surface area contributed by atoms with E-state index in [9.17, 15) is 0 Å². The minimum absolute atomic E-state index is 0.520. The summed E-state index contributed by atoms with van der Waals surface area (Å²) >= 11 is 3.33. The second-order valence-corrected chi connectivity index (χ2v) is 3.60. The summed E-state index contributed by atoms with van der Waals surface area (Å²) < 4.78 is 5.08. The van der Waals surface area contributed by atoms with E-state index in [1.54, 1.807) is 0 Å². The molecule has 0 saturated carbocycles. The average molecular weight is 232 g/mol. The van der Waals surface area contributed by atoms with Gasteiger partial charge in [0, 0.05) is 12.0 Å². The third-order valence-corrected chi connectivity index (χ3v) is 2.49. The van der Waals surface area contributed by atoms with Crippen LogP contribution in [0.25, 0.3) is 0 Å². The van der Waals surface area contributed by atoms with Crippen LogP contribution in [0.1, 0.15) is 44.1 Å². The maximum Gasteiger partial charge on any atom is 0.147 e. The molecule has 68 valence electrons. The van der Waals surface area contributed by atoms with E-state index in [1.807, 2.05) is 6.07 Å². The Morgan fingerprint density at radius 2 is 2.42 bits per heavy atom. The molecule has 0 amide bonds. The van der Waals surface area contributed by atoms with Crippen molar-refractivity contribution < 1.29 is 4.52 Å². The number of halogens is 1. The summed E-state index contributed by atoms with van der Waals surface area (Å²) in [5.74, 6) is 1.43. The van der Waals surface area contributed by atoms with Crippen molar-refractivity contribution in [2.75, 3.05) is 0 Å². The number of nitrogens with zero attached hydrogens (tertiary/aromatic N) is 1. The van der Waals surface area contributed by atoms with Gasteiger partial charge in [-0.3, -0.25) is 0 Å². The Bertz CT molecular complexity index is 234. The predicted octanol–water partition coefficient (Wildman–Crippen LogP) is 3.47. The third kappa shape index (κ3) is 2.34. The molecule has 0 N–H and O–H groups in total. The van der Waals surface area contributed by atoms with Gasteiger partial charge in [-0.1, -0.05) is 41.4 Å². The maximum atomic E-state index is 5.08. The zero-order chi connectivity index (χ0) is 8.97. The summed E-state index contributed by atoms with van der Waals surface area (Å²) in [4.78, 5) is 0. The summed E-state index contributed by atoms with van der Waals surface area (Å²) in [6, 6.07) is 2.02. The fourth-order valence-corrected chi connectivity index (χ4v) is 1.47. The van der Waals surface area contributed by atoms with Crippen LogP contribution in [-0.2, 0) is 5.33 Å². The lowest BCUT2D eigenvalue weighted by molar-refractivity contribution is 0.383. The Balaban J connectivity index is 2.61. The first-order valence-corrected chi connectivity index (χ1v) is 5.41. The lowest BCUT2D eigenvalue weighted by Gasteiger charge is -2.03. The molecule has 2 nitrogen and oxygen atoms in total. The molecular formula is C9H14BrNO. The number of aromatic nitrogens is 1. The minimum atomic E-state index is 0.520. The molecule has 1 unspecified atom stereocenters. The van der Waals surface area contributed by atoms with Crippen molar-refractivity contribution >= 4 is 15.9 Å². The van der Waals surface area contributed by atoms with Crippen LogP contribution in [0.15, 0.2) is 10.6 Å². The highest BCUT2D eigenvalue weighted by Crippen LogP contribution is 2.20. The molecular weight excluding hydrogens is 218 g/mol. The van der Waals surface area contributed by atoms with Crippen molar-refractivity contribution in [1.82, 2.24) is 5.16 Å². The quantitative estimate of drug-likeness (QED) is 0.743. The molecule has 0 spiro atoms. The van der Waals surface area contributed by atoms with Gasteiger partial charge in [0.05, 0.1) is 11.0 Å². The largest absolute Gasteiger partial charge is 0.360 e. The standard InChI is InChI=1S/C9H14BrNO/c1-3-4-7(2)9-5-8(6-10)12-11-9/h5,7H,3-4,6H2,1-2H3. The van der Waals surface area contributed by atoms with Crippen LogP contribution in [-0.4, -0.2) is 5.16 Å². The first kappa shape index (κ1) is 9.78. The van der Waals surface area contributed by atoms with Crippen molar-refractivity contribution in [3.8, 4) is 0 Å². The van der Waals surface area contributed by atoms with E-state index in [4.69, 9.17) is 4.52 Å². The van der Waals surface area contributed by atoms with Gasteiger partial charge in [0.1, 0.15) is 5.76 Å². The molecule has 1 aromatic heterocycles. The Kier molecular flexibility index (Phi) is 3.79. The lowest BCUT2D eigenvalue weighted by Crippen LogP contribution is -1.91. The monoisotopic (exact) mass is 231 g/mol. The molecule has 12 heavy (non-hydrogen) atoms. The highest BCUT2D eigenvalue weighted by Gasteiger charge is 2.09. The van der Waals surface area contributed by atoms with Crippen LogP contribution >= 0.6 is 15.9 Å². The fraction of sp³-hybridized carbons (Fsp3) is 0.667. The number of hydrogen-bond acceptors (Lipinski definition) is 2. The molecule has 0 aliphatic carbocycles. The Labute approximate surface area is 81.5 Å². The van der Waals surface area contributed by atoms with E-state index in [1.165, 1.54) is 12.8 Å². The topological polar surface area (TPSA) is 26.0 Å².